The number of halogens is 1. The lowest BCUT2D eigenvalue weighted by molar-refractivity contribution is 0.721. The predicted octanol–water partition coefficient (Wildman–Crippen LogP) is 2.68. The van der Waals surface area contributed by atoms with Crippen LogP contribution in [0.15, 0.2) is 36.7 Å². The molecular formula is C12H9ClN4. The lowest BCUT2D eigenvalue weighted by Gasteiger charge is -2.03. The summed E-state index contributed by atoms with van der Waals surface area (Å²) in [5.41, 5.74) is 2.03. The summed E-state index contributed by atoms with van der Waals surface area (Å²) in [6, 6.07) is 7.95. The first-order valence-corrected chi connectivity index (χ1v) is 5.52. The van der Waals surface area contributed by atoms with E-state index in [4.69, 9.17) is 11.6 Å². The average Bonchev–Trinajstić information content (AvgIpc) is 2.74. The van der Waals surface area contributed by atoms with E-state index in [1.807, 2.05) is 25.2 Å². The Morgan fingerprint density at radius 1 is 1.12 bits per heavy atom. The van der Waals surface area contributed by atoms with Gasteiger partial charge in [-0.1, -0.05) is 28.9 Å². The Labute approximate surface area is 103 Å². The molecule has 0 atom stereocenters. The molecule has 4 nitrogen and oxygen atoms in total. The normalized spacial score (nSPS) is 10.9. The van der Waals surface area contributed by atoms with E-state index in [1.54, 1.807) is 17.1 Å². The van der Waals surface area contributed by atoms with Crippen molar-refractivity contribution in [2.45, 2.75) is 0 Å². The van der Waals surface area contributed by atoms with Crippen molar-refractivity contribution in [3.05, 3.63) is 41.8 Å². The molecule has 0 saturated heterocycles. The predicted molar refractivity (Wildman–Crippen MR) is 66.8 cm³/mol. The topological polar surface area (TPSA) is 43.6 Å². The number of aromatic nitrogens is 4. The third kappa shape index (κ3) is 1.76. The lowest BCUT2D eigenvalue weighted by atomic mass is 10.1. The van der Waals surface area contributed by atoms with Gasteiger partial charge in [0.25, 0.3) is 0 Å². The summed E-state index contributed by atoms with van der Waals surface area (Å²) in [4.78, 5) is 4.05. The van der Waals surface area contributed by atoms with Gasteiger partial charge in [-0.2, -0.15) is 0 Å². The second kappa shape index (κ2) is 3.82. The van der Waals surface area contributed by atoms with Crippen LogP contribution in [0.25, 0.3) is 22.0 Å². The van der Waals surface area contributed by atoms with Gasteiger partial charge in [0.2, 0.25) is 0 Å². The van der Waals surface area contributed by atoms with E-state index in [-0.39, 0.29) is 0 Å². The molecule has 3 aromatic rings. The summed E-state index contributed by atoms with van der Waals surface area (Å²) in [5.74, 6) is 0. The van der Waals surface area contributed by atoms with Crippen molar-refractivity contribution in [3.63, 3.8) is 0 Å². The number of aryl methyl sites for hydroxylation is 1. The highest BCUT2D eigenvalue weighted by Crippen LogP contribution is 2.24. The first-order valence-electron chi connectivity index (χ1n) is 5.14. The largest absolute Gasteiger partial charge is 0.248 e. The molecule has 17 heavy (non-hydrogen) atoms. The quantitative estimate of drug-likeness (QED) is 0.618. The third-order valence-corrected chi connectivity index (χ3v) is 2.91. The van der Waals surface area contributed by atoms with Gasteiger partial charge in [0.05, 0.1) is 11.9 Å². The minimum Gasteiger partial charge on any atom is -0.248 e. The summed E-state index contributed by atoms with van der Waals surface area (Å²) in [7, 11) is 1.87. The maximum absolute atomic E-state index is 5.89. The number of benzene rings is 1. The Kier molecular flexibility index (Phi) is 2.30. The fraction of sp³-hybridized carbons (Fsp3) is 0.0833. The summed E-state index contributed by atoms with van der Waals surface area (Å²) in [5, 5.41) is 10.4. The van der Waals surface area contributed by atoms with Crippen LogP contribution >= 0.6 is 11.6 Å². The van der Waals surface area contributed by atoms with Crippen molar-refractivity contribution in [2.24, 2.45) is 7.05 Å². The molecule has 0 N–H and O–H groups in total. The van der Waals surface area contributed by atoms with Crippen molar-refractivity contribution >= 4 is 22.4 Å². The van der Waals surface area contributed by atoms with Crippen LogP contribution in [0.5, 0.6) is 0 Å². The van der Waals surface area contributed by atoms with Gasteiger partial charge in [-0.25, -0.2) is 9.67 Å². The Morgan fingerprint density at radius 2 is 2.00 bits per heavy atom. The smallest absolute Gasteiger partial charge is 0.129 e. The second-order valence-corrected chi connectivity index (χ2v) is 4.20. The Hall–Kier alpha value is -1.94. The molecule has 0 amide bonds. The molecule has 84 valence electrons. The van der Waals surface area contributed by atoms with E-state index < -0.39 is 0 Å². The van der Waals surface area contributed by atoms with Crippen LogP contribution in [0.4, 0.5) is 0 Å². The monoisotopic (exact) mass is 244 g/mol. The highest BCUT2D eigenvalue weighted by molar-refractivity contribution is 6.30. The van der Waals surface area contributed by atoms with E-state index in [1.165, 1.54) is 0 Å². The summed E-state index contributed by atoms with van der Waals surface area (Å²) < 4.78 is 1.74. The maximum atomic E-state index is 5.89. The van der Waals surface area contributed by atoms with E-state index in [9.17, 15) is 0 Å². The fourth-order valence-electron chi connectivity index (χ4n) is 1.82. The number of nitrogens with zero attached hydrogens (tertiary/aromatic N) is 4. The van der Waals surface area contributed by atoms with Gasteiger partial charge < -0.3 is 0 Å². The maximum Gasteiger partial charge on any atom is 0.129 e. The highest BCUT2D eigenvalue weighted by atomic mass is 35.5. The molecule has 0 aliphatic heterocycles. The van der Waals surface area contributed by atoms with Crippen LogP contribution in [-0.4, -0.2) is 20.0 Å². The van der Waals surface area contributed by atoms with Crippen LogP contribution < -0.4 is 0 Å². The van der Waals surface area contributed by atoms with Crippen LogP contribution in [-0.2, 0) is 7.05 Å². The van der Waals surface area contributed by atoms with Crippen LogP contribution in [0, 0.1) is 0 Å². The van der Waals surface area contributed by atoms with E-state index in [2.05, 4.69) is 21.4 Å². The molecule has 1 aromatic carbocycles. The molecule has 0 bridgehead atoms. The standard InChI is InChI=1S/C12H9ClN4/c1-17-11(7-15-16-17)8-2-3-9-6-14-12(13)5-10(9)4-8/h2-7H,1H3. The number of rotatable bonds is 1. The Balaban J connectivity index is 2.22. The first-order chi connectivity index (χ1) is 8.24. The molecule has 0 unspecified atom stereocenters. The number of hydrogen-bond acceptors (Lipinski definition) is 3. The average molecular weight is 245 g/mol. The van der Waals surface area contributed by atoms with Crippen molar-refractivity contribution in [1.82, 2.24) is 20.0 Å². The van der Waals surface area contributed by atoms with Gasteiger partial charge in [0.1, 0.15) is 5.15 Å². The summed E-state index contributed by atoms with van der Waals surface area (Å²) in [6.45, 7) is 0. The van der Waals surface area contributed by atoms with Gasteiger partial charge in [-0.3, -0.25) is 0 Å². The van der Waals surface area contributed by atoms with E-state index >= 15 is 0 Å². The van der Waals surface area contributed by atoms with Crippen molar-refractivity contribution in [3.8, 4) is 11.3 Å². The Morgan fingerprint density at radius 3 is 2.76 bits per heavy atom. The highest BCUT2D eigenvalue weighted by Gasteiger charge is 2.05. The molecule has 3 rings (SSSR count). The van der Waals surface area contributed by atoms with Crippen molar-refractivity contribution in [1.29, 1.82) is 0 Å². The lowest BCUT2D eigenvalue weighted by Crippen LogP contribution is -1.93. The van der Waals surface area contributed by atoms with Gasteiger partial charge >= 0.3 is 0 Å². The minimum absolute atomic E-state index is 0.498. The number of fused-ring (bicyclic) bond motifs is 1. The molecule has 0 saturated carbocycles. The van der Waals surface area contributed by atoms with Crippen LogP contribution in [0.3, 0.4) is 0 Å². The summed E-state index contributed by atoms with van der Waals surface area (Å²) >= 11 is 5.89. The molecule has 0 fully saturated rings. The van der Waals surface area contributed by atoms with Gasteiger partial charge in [0.15, 0.2) is 0 Å². The van der Waals surface area contributed by atoms with Gasteiger partial charge in [-0.05, 0) is 17.5 Å². The van der Waals surface area contributed by atoms with Crippen LogP contribution in [0.1, 0.15) is 0 Å². The van der Waals surface area contributed by atoms with Crippen molar-refractivity contribution in [2.75, 3.05) is 0 Å². The number of pyridine rings is 1. The molecule has 2 heterocycles. The molecular weight excluding hydrogens is 236 g/mol. The molecule has 0 radical (unpaired) electrons. The number of hydrogen-bond donors (Lipinski definition) is 0. The molecule has 5 heteroatoms. The first kappa shape index (κ1) is 10.2. The zero-order valence-electron chi connectivity index (χ0n) is 9.13. The summed E-state index contributed by atoms with van der Waals surface area (Å²) in [6.07, 6.45) is 3.51. The van der Waals surface area contributed by atoms with Crippen LogP contribution in [0.2, 0.25) is 5.15 Å². The third-order valence-electron chi connectivity index (χ3n) is 2.70. The van der Waals surface area contributed by atoms with E-state index in [0.717, 1.165) is 22.0 Å². The van der Waals surface area contributed by atoms with E-state index in [0.29, 0.717) is 5.15 Å². The Bertz CT molecular complexity index is 690. The zero-order chi connectivity index (χ0) is 11.8. The van der Waals surface area contributed by atoms with Gasteiger partial charge in [0, 0.05) is 24.2 Å². The SMILES string of the molecule is Cn1nncc1-c1ccc2cnc(Cl)cc2c1. The molecule has 0 spiro atoms. The molecule has 0 aliphatic rings. The fourth-order valence-corrected chi connectivity index (χ4v) is 1.99. The van der Waals surface area contributed by atoms with Gasteiger partial charge in [-0.15, -0.1) is 5.10 Å². The van der Waals surface area contributed by atoms with Crippen molar-refractivity contribution < 1.29 is 0 Å². The molecule has 0 aliphatic carbocycles. The second-order valence-electron chi connectivity index (χ2n) is 3.81. The molecule has 2 aromatic heterocycles. The minimum atomic E-state index is 0.498. The zero-order valence-corrected chi connectivity index (χ0v) is 9.89.